The summed E-state index contributed by atoms with van der Waals surface area (Å²) in [6, 6.07) is 3.16. The van der Waals surface area contributed by atoms with Gasteiger partial charge in [-0.3, -0.25) is 4.79 Å². The molecule has 7 heteroatoms. The number of hydrogen-bond donors (Lipinski definition) is 2. The Bertz CT molecular complexity index is 472. The van der Waals surface area contributed by atoms with Crippen LogP contribution in [-0.4, -0.2) is 18.5 Å². The van der Waals surface area contributed by atoms with Gasteiger partial charge in [0.1, 0.15) is 0 Å². The van der Waals surface area contributed by atoms with Crippen LogP contribution in [0.3, 0.4) is 0 Å². The molecule has 106 valence electrons. The predicted molar refractivity (Wildman–Crippen MR) is 67.5 cm³/mol. The Labute approximate surface area is 109 Å². The van der Waals surface area contributed by atoms with Gasteiger partial charge in [-0.2, -0.15) is 13.2 Å². The van der Waals surface area contributed by atoms with Gasteiger partial charge in [-0.05, 0) is 32.0 Å². The number of nitrogen functional groups attached to an aromatic ring is 1. The van der Waals surface area contributed by atoms with Crippen molar-refractivity contribution in [3.8, 4) is 0 Å². The second kappa shape index (κ2) is 5.38. The Hall–Kier alpha value is -1.92. The van der Waals surface area contributed by atoms with Gasteiger partial charge in [0.25, 0.3) is 0 Å². The zero-order valence-electron chi connectivity index (χ0n) is 10.7. The average molecular weight is 275 g/mol. The number of carbonyl (C=O) groups excluding carboxylic acids is 1. The molecule has 0 saturated carbocycles. The molecule has 1 rings (SSSR count). The first kappa shape index (κ1) is 15.1. The van der Waals surface area contributed by atoms with Crippen LogP contribution in [0.2, 0.25) is 0 Å². The van der Waals surface area contributed by atoms with Crippen molar-refractivity contribution in [2.24, 2.45) is 5.73 Å². The van der Waals surface area contributed by atoms with Gasteiger partial charge in [-0.25, -0.2) is 0 Å². The van der Waals surface area contributed by atoms with Crippen LogP contribution in [-0.2, 0) is 11.0 Å². The lowest BCUT2D eigenvalue weighted by Gasteiger charge is -2.30. The van der Waals surface area contributed by atoms with Crippen molar-refractivity contribution in [1.82, 2.24) is 0 Å². The van der Waals surface area contributed by atoms with E-state index < -0.39 is 17.6 Å². The topological polar surface area (TPSA) is 72.3 Å². The molecule has 0 aliphatic heterocycles. The second-order valence-corrected chi connectivity index (χ2v) is 4.46. The SMILES string of the molecule is CC(C)N(CC(N)=O)c1ccc(N)cc1C(F)(F)F. The van der Waals surface area contributed by atoms with Crippen molar-refractivity contribution in [3.05, 3.63) is 23.8 Å². The molecule has 0 aromatic heterocycles. The van der Waals surface area contributed by atoms with Gasteiger partial charge < -0.3 is 16.4 Å². The third-order valence-corrected chi connectivity index (χ3v) is 2.58. The zero-order valence-corrected chi connectivity index (χ0v) is 10.7. The van der Waals surface area contributed by atoms with E-state index in [9.17, 15) is 18.0 Å². The first-order chi connectivity index (χ1) is 8.62. The number of amides is 1. The van der Waals surface area contributed by atoms with Crippen LogP contribution in [0.5, 0.6) is 0 Å². The molecule has 4 nitrogen and oxygen atoms in total. The quantitative estimate of drug-likeness (QED) is 0.825. The second-order valence-electron chi connectivity index (χ2n) is 4.46. The van der Waals surface area contributed by atoms with E-state index in [-0.39, 0.29) is 24.0 Å². The van der Waals surface area contributed by atoms with Crippen molar-refractivity contribution in [3.63, 3.8) is 0 Å². The first-order valence-electron chi connectivity index (χ1n) is 5.64. The fourth-order valence-corrected chi connectivity index (χ4v) is 1.74. The molecule has 0 heterocycles. The summed E-state index contributed by atoms with van der Waals surface area (Å²) >= 11 is 0. The molecular weight excluding hydrogens is 259 g/mol. The number of nitrogens with two attached hydrogens (primary N) is 2. The van der Waals surface area contributed by atoms with Crippen LogP contribution in [0.4, 0.5) is 24.5 Å². The lowest BCUT2D eigenvalue weighted by atomic mass is 10.1. The molecule has 19 heavy (non-hydrogen) atoms. The number of anilines is 2. The van der Waals surface area contributed by atoms with E-state index in [4.69, 9.17) is 11.5 Å². The molecule has 0 atom stereocenters. The van der Waals surface area contributed by atoms with Crippen molar-refractivity contribution in [2.75, 3.05) is 17.2 Å². The molecule has 1 aromatic carbocycles. The number of rotatable bonds is 4. The summed E-state index contributed by atoms with van der Waals surface area (Å²) in [5.74, 6) is -0.696. The molecule has 1 amide bonds. The van der Waals surface area contributed by atoms with E-state index in [1.807, 2.05) is 0 Å². The number of halogens is 3. The van der Waals surface area contributed by atoms with Crippen LogP contribution in [0, 0.1) is 0 Å². The molecule has 0 bridgehead atoms. The van der Waals surface area contributed by atoms with Crippen LogP contribution >= 0.6 is 0 Å². The summed E-state index contributed by atoms with van der Waals surface area (Å²) in [5, 5.41) is 0. The van der Waals surface area contributed by atoms with Crippen LogP contribution in [0.1, 0.15) is 19.4 Å². The summed E-state index contributed by atoms with van der Waals surface area (Å²) < 4.78 is 39.0. The predicted octanol–water partition coefficient (Wildman–Crippen LogP) is 1.99. The molecule has 4 N–H and O–H groups in total. The lowest BCUT2D eigenvalue weighted by molar-refractivity contribution is -0.137. The third kappa shape index (κ3) is 3.77. The minimum absolute atomic E-state index is 0.0128. The maximum Gasteiger partial charge on any atom is 0.418 e. The number of alkyl halides is 3. The molecule has 0 radical (unpaired) electrons. The summed E-state index contributed by atoms with van der Waals surface area (Å²) in [6.07, 6.45) is -4.55. The first-order valence-corrected chi connectivity index (χ1v) is 5.64. The summed E-state index contributed by atoms with van der Waals surface area (Å²) in [7, 11) is 0. The maximum absolute atomic E-state index is 13.0. The molecule has 0 fully saturated rings. The Balaban J connectivity index is 3.34. The average Bonchev–Trinajstić information content (AvgIpc) is 2.24. The number of benzene rings is 1. The van der Waals surface area contributed by atoms with Crippen molar-refractivity contribution in [2.45, 2.75) is 26.1 Å². The molecule has 0 saturated heterocycles. The van der Waals surface area contributed by atoms with Gasteiger partial charge in [-0.15, -0.1) is 0 Å². The Kier molecular flexibility index (Phi) is 4.28. The fourth-order valence-electron chi connectivity index (χ4n) is 1.74. The van der Waals surface area contributed by atoms with E-state index >= 15 is 0 Å². The van der Waals surface area contributed by atoms with Crippen molar-refractivity contribution >= 4 is 17.3 Å². The van der Waals surface area contributed by atoms with Crippen LogP contribution in [0.15, 0.2) is 18.2 Å². The van der Waals surface area contributed by atoms with Crippen molar-refractivity contribution in [1.29, 1.82) is 0 Å². The highest BCUT2D eigenvalue weighted by molar-refractivity contribution is 5.80. The maximum atomic E-state index is 13.0. The molecule has 0 spiro atoms. The highest BCUT2D eigenvalue weighted by atomic mass is 19.4. The number of nitrogens with zero attached hydrogens (tertiary/aromatic N) is 1. The van der Waals surface area contributed by atoms with Gasteiger partial charge in [-0.1, -0.05) is 0 Å². The highest BCUT2D eigenvalue weighted by Crippen LogP contribution is 2.38. The van der Waals surface area contributed by atoms with Crippen LogP contribution in [0.25, 0.3) is 0 Å². The van der Waals surface area contributed by atoms with E-state index in [2.05, 4.69) is 0 Å². The summed E-state index contributed by atoms with van der Waals surface area (Å²) in [6.45, 7) is 3.07. The van der Waals surface area contributed by atoms with E-state index in [0.717, 1.165) is 6.07 Å². The Morgan fingerprint density at radius 3 is 2.37 bits per heavy atom. The van der Waals surface area contributed by atoms with Gasteiger partial charge >= 0.3 is 6.18 Å². The minimum Gasteiger partial charge on any atom is -0.399 e. The largest absolute Gasteiger partial charge is 0.418 e. The van der Waals surface area contributed by atoms with Crippen LogP contribution < -0.4 is 16.4 Å². The van der Waals surface area contributed by atoms with Gasteiger partial charge in [0, 0.05) is 17.4 Å². The molecule has 0 aliphatic carbocycles. The molecule has 0 aliphatic rings. The normalized spacial score (nSPS) is 11.7. The monoisotopic (exact) mass is 275 g/mol. The Morgan fingerprint density at radius 2 is 1.95 bits per heavy atom. The smallest absolute Gasteiger partial charge is 0.399 e. The standard InChI is InChI=1S/C12H16F3N3O/c1-7(2)18(6-11(17)19)10-4-3-8(16)5-9(10)12(13,14)15/h3-5,7H,6,16H2,1-2H3,(H2,17,19). The lowest BCUT2D eigenvalue weighted by Crippen LogP contribution is -2.39. The third-order valence-electron chi connectivity index (χ3n) is 2.58. The fraction of sp³-hybridized carbons (Fsp3) is 0.417. The Morgan fingerprint density at radius 1 is 1.37 bits per heavy atom. The summed E-state index contributed by atoms with van der Waals surface area (Å²) in [4.78, 5) is 12.3. The molecular formula is C12H16F3N3O. The molecule has 1 aromatic rings. The number of primary amides is 1. The van der Waals surface area contributed by atoms with Gasteiger partial charge in [0.15, 0.2) is 0 Å². The van der Waals surface area contributed by atoms with Gasteiger partial charge in [0.05, 0.1) is 12.1 Å². The number of carbonyl (C=O) groups is 1. The van der Waals surface area contributed by atoms with Crippen molar-refractivity contribution < 1.29 is 18.0 Å². The van der Waals surface area contributed by atoms with Gasteiger partial charge in [0.2, 0.25) is 5.91 Å². The van der Waals surface area contributed by atoms with E-state index in [1.165, 1.54) is 17.0 Å². The van der Waals surface area contributed by atoms with E-state index in [1.54, 1.807) is 13.8 Å². The van der Waals surface area contributed by atoms with E-state index in [0.29, 0.717) is 0 Å². The number of hydrogen-bond acceptors (Lipinski definition) is 3. The molecule has 0 unspecified atom stereocenters. The summed E-state index contributed by atoms with van der Waals surface area (Å²) in [5.41, 5.74) is 9.50. The minimum atomic E-state index is -4.55. The highest BCUT2D eigenvalue weighted by Gasteiger charge is 2.35. The zero-order chi connectivity index (χ0) is 14.8.